The van der Waals surface area contributed by atoms with Gasteiger partial charge in [-0.05, 0) is 42.9 Å². The summed E-state index contributed by atoms with van der Waals surface area (Å²) in [6, 6.07) is 3.75. The van der Waals surface area contributed by atoms with Crippen molar-refractivity contribution in [3.63, 3.8) is 0 Å². The van der Waals surface area contributed by atoms with Crippen molar-refractivity contribution in [2.24, 2.45) is 5.92 Å². The van der Waals surface area contributed by atoms with E-state index in [1.165, 1.54) is 6.42 Å². The quantitative estimate of drug-likeness (QED) is 0.857. The van der Waals surface area contributed by atoms with Gasteiger partial charge in [0.25, 0.3) is 0 Å². The van der Waals surface area contributed by atoms with Crippen molar-refractivity contribution in [2.45, 2.75) is 45.4 Å². The maximum absolute atomic E-state index is 12.5. The standard InChI is InChI=1S/C17H24N2O4S/c1-3-12-9-14(22-2)16-15(10-12)23-18-17(16)19-24(20,21)11-13-7-5-4-6-8-13/h9-10,13H,3-8,11H2,1-2H3,(H,18,19). The van der Waals surface area contributed by atoms with Crippen molar-refractivity contribution >= 4 is 26.8 Å². The number of fused-ring (bicyclic) bond motifs is 1. The van der Waals surface area contributed by atoms with Crippen molar-refractivity contribution in [3.8, 4) is 5.75 Å². The van der Waals surface area contributed by atoms with Crippen LogP contribution in [0.3, 0.4) is 0 Å². The van der Waals surface area contributed by atoms with Crippen molar-refractivity contribution in [1.82, 2.24) is 5.16 Å². The molecule has 0 bridgehead atoms. The molecule has 0 aliphatic heterocycles. The van der Waals surface area contributed by atoms with Crippen LogP contribution in [0.2, 0.25) is 0 Å². The third kappa shape index (κ3) is 3.66. The predicted octanol–water partition coefficient (Wildman–Crippen LogP) is 3.72. The second-order valence-corrected chi connectivity index (χ2v) is 8.21. The summed E-state index contributed by atoms with van der Waals surface area (Å²) in [4.78, 5) is 0. The van der Waals surface area contributed by atoms with Gasteiger partial charge in [-0.25, -0.2) is 8.42 Å². The fraction of sp³-hybridized carbons (Fsp3) is 0.588. The van der Waals surface area contributed by atoms with Crippen molar-refractivity contribution in [3.05, 3.63) is 17.7 Å². The van der Waals surface area contributed by atoms with Gasteiger partial charge in [0, 0.05) is 0 Å². The van der Waals surface area contributed by atoms with E-state index in [0.29, 0.717) is 16.7 Å². The van der Waals surface area contributed by atoms with Crippen LogP contribution >= 0.6 is 0 Å². The highest BCUT2D eigenvalue weighted by Crippen LogP contribution is 2.34. The zero-order valence-corrected chi connectivity index (χ0v) is 15.0. The van der Waals surface area contributed by atoms with E-state index in [9.17, 15) is 8.42 Å². The van der Waals surface area contributed by atoms with Crippen LogP contribution in [0.1, 0.15) is 44.6 Å². The summed E-state index contributed by atoms with van der Waals surface area (Å²) in [5.74, 6) is 1.14. The maximum atomic E-state index is 12.5. The number of ether oxygens (including phenoxy) is 1. The molecule has 1 aliphatic carbocycles. The van der Waals surface area contributed by atoms with Crippen LogP contribution in [0, 0.1) is 5.92 Å². The Morgan fingerprint density at radius 2 is 2.04 bits per heavy atom. The number of aryl methyl sites for hydroxylation is 1. The first-order valence-electron chi connectivity index (χ1n) is 8.49. The zero-order chi connectivity index (χ0) is 17.2. The fourth-order valence-corrected chi connectivity index (χ4v) is 4.85. The lowest BCUT2D eigenvalue weighted by atomic mass is 9.91. The Morgan fingerprint density at radius 1 is 1.29 bits per heavy atom. The first-order valence-corrected chi connectivity index (χ1v) is 10.1. The molecule has 0 radical (unpaired) electrons. The minimum atomic E-state index is -3.46. The minimum Gasteiger partial charge on any atom is -0.496 e. The third-order valence-corrected chi connectivity index (χ3v) is 6.07. The first-order chi connectivity index (χ1) is 11.5. The Balaban J connectivity index is 1.86. The molecule has 1 aromatic carbocycles. The van der Waals surface area contributed by atoms with E-state index >= 15 is 0 Å². The van der Waals surface area contributed by atoms with E-state index in [0.717, 1.165) is 37.7 Å². The normalized spacial score (nSPS) is 16.4. The van der Waals surface area contributed by atoms with Gasteiger partial charge < -0.3 is 9.26 Å². The second-order valence-electron chi connectivity index (χ2n) is 6.44. The van der Waals surface area contributed by atoms with Gasteiger partial charge in [0.15, 0.2) is 11.4 Å². The molecule has 1 aromatic heterocycles. The van der Waals surface area contributed by atoms with Crippen LogP contribution in [-0.2, 0) is 16.4 Å². The SMILES string of the molecule is CCc1cc(OC)c2c(NS(=O)(=O)CC3CCCCC3)noc2c1. The highest BCUT2D eigenvalue weighted by atomic mass is 32.2. The Labute approximate surface area is 142 Å². The van der Waals surface area contributed by atoms with E-state index in [2.05, 4.69) is 9.88 Å². The smallest absolute Gasteiger partial charge is 0.234 e. The molecule has 24 heavy (non-hydrogen) atoms. The molecular weight excluding hydrogens is 328 g/mol. The summed E-state index contributed by atoms with van der Waals surface area (Å²) < 4.78 is 38.3. The number of methoxy groups -OCH3 is 1. The summed E-state index contributed by atoms with van der Waals surface area (Å²) in [6.45, 7) is 2.03. The van der Waals surface area contributed by atoms with Gasteiger partial charge in [0.1, 0.15) is 11.1 Å². The molecule has 1 saturated carbocycles. The number of nitrogens with zero attached hydrogens (tertiary/aromatic N) is 1. The minimum absolute atomic E-state index is 0.136. The molecule has 7 heteroatoms. The van der Waals surface area contributed by atoms with E-state index in [1.807, 2.05) is 19.1 Å². The lowest BCUT2D eigenvalue weighted by molar-refractivity contribution is 0.385. The average Bonchev–Trinajstić information content (AvgIpc) is 2.96. The Kier molecular flexibility index (Phi) is 4.99. The monoisotopic (exact) mass is 352 g/mol. The summed E-state index contributed by atoms with van der Waals surface area (Å²) >= 11 is 0. The number of anilines is 1. The summed E-state index contributed by atoms with van der Waals surface area (Å²) in [5.41, 5.74) is 1.58. The van der Waals surface area contributed by atoms with Gasteiger partial charge in [0.05, 0.1) is 12.9 Å². The summed E-state index contributed by atoms with van der Waals surface area (Å²) in [5, 5.41) is 4.48. The Hall–Kier alpha value is -1.76. The van der Waals surface area contributed by atoms with Gasteiger partial charge in [-0.1, -0.05) is 31.3 Å². The van der Waals surface area contributed by atoms with Gasteiger partial charge in [0.2, 0.25) is 10.0 Å². The molecule has 132 valence electrons. The largest absolute Gasteiger partial charge is 0.496 e. The molecule has 1 fully saturated rings. The van der Waals surface area contributed by atoms with E-state index in [1.54, 1.807) is 7.11 Å². The molecule has 1 aliphatic rings. The highest BCUT2D eigenvalue weighted by Gasteiger charge is 2.24. The summed E-state index contributed by atoms with van der Waals surface area (Å²) in [6.07, 6.45) is 6.21. The average molecular weight is 352 g/mol. The van der Waals surface area contributed by atoms with Crippen LogP contribution in [0.25, 0.3) is 11.0 Å². The van der Waals surface area contributed by atoms with Crippen LogP contribution in [0.15, 0.2) is 16.7 Å². The molecule has 6 nitrogen and oxygen atoms in total. The van der Waals surface area contributed by atoms with E-state index < -0.39 is 10.0 Å². The lowest BCUT2D eigenvalue weighted by Crippen LogP contribution is -2.24. The number of aromatic nitrogens is 1. The number of hydrogen-bond donors (Lipinski definition) is 1. The van der Waals surface area contributed by atoms with Crippen molar-refractivity contribution in [2.75, 3.05) is 17.6 Å². The molecule has 0 saturated heterocycles. The third-order valence-electron chi connectivity index (χ3n) is 4.66. The van der Waals surface area contributed by atoms with Gasteiger partial charge in [-0.3, -0.25) is 4.72 Å². The molecule has 0 spiro atoms. The van der Waals surface area contributed by atoms with Crippen molar-refractivity contribution < 1.29 is 17.7 Å². The van der Waals surface area contributed by atoms with Crippen molar-refractivity contribution in [1.29, 1.82) is 0 Å². The molecule has 0 amide bonds. The second kappa shape index (κ2) is 7.01. The molecule has 1 N–H and O–H groups in total. The number of nitrogens with one attached hydrogen (secondary N) is 1. The van der Waals surface area contributed by atoms with Gasteiger partial charge >= 0.3 is 0 Å². The fourth-order valence-electron chi connectivity index (χ4n) is 3.38. The van der Waals surface area contributed by atoms with Crippen LogP contribution < -0.4 is 9.46 Å². The first kappa shape index (κ1) is 17.1. The number of rotatable bonds is 6. The Bertz CT molecular complexity index is 807. The van der Waals surface area contributed by atoms with Crippen LogP contribution in [0.5, 0.6) is 5.75 Å². The topological polar surface area (TPSA) is 81.4 Å². The van der Waals surface area contributed by atoms with E-state index in [4.69, 9.17) is 9.26 Å². The molecular formula is C17H24N2O4S. The Morgan fingerprint density at radius 3 is 2.71 bits per heavy atom. The van der Waals surface area contributed by atoms with Crippen LogP contribution in [0.4, 0.5) is 5.82 Å². The van der Waals surface area contributed by atoms with Gasteiger partial charge in [-0.15, -0.1) is 0 Å². The number of hydrogen-bond acceptors (Lipinski definition) is 5. The highest BCUT2D eigenvalue weighted by molar-refractivity contribution is 7.92. The molecule has 3 rings (SSSR count). The van der Waals surface area contributed by atoms with Gasteiger partial charge in [-0.2, -0.15) is 0 Å². The molecule has 0 atom stereocenters. The molecule has 0 unspecified atom stereocenters. The molecule has 1 heterocycles. The molecule has 2 aromatic rings. The van der Waals surface area contributed by atoms with E-state index in [-0.39, 0.29) is 17.5 Å². The van der Waals surface area contributed by atoms with Crippen LogP contribution in [-0.4, -0.2) is 26.4 Å². The predicted molar refractivity (Wildman–Crippen MR) is 93.9 cm³/mol. The zero-order valence-electron chi connectivity index (χ0n) is 14.2. The number of benzene rings is 1. The lowest BCUT2D eigenvalue weighted by Gasteiger charge is -2.21. The maximum Gasteiger partial charge on any atom is 0.234 e. The number of sulfonamides is 1. The summed E-state index contributed by atoms with van der Waals surface area (Å²) in [7, 11) is -1.91.